The first kappa shape index (κ1) is 80.8. The maximum Gasteiger partial charge on any atom is 0.417 e. The van der Waals surface area contributed by atoms with Crippen LogP contribution in [-0.2, 0) is 12.4 Å². The number of nitrogens with zero attached hydrogens (tertiary/aromatic N) is 17. The SMILES string of the molecule is Cc1cccc2c(Nc3nc(-c4ccccn4)cc(-c4ccccc4Cl)n3)n[nH]c12.FC(F)(F)c1cc(Cl)ccc1-c1cc(-c2cccnc2)nc(Nc2n[nH]c3ccccc23)n1.FC(F)(F)c1ccccc1-c1cc(-c2ccncc2)nc(Nc2n[nH]c3ccccc23)n1.[C-]#[N+]c1ccccc1-c1cc(-c2cccnc2)nc(Nc2n[nH]c3ccccc23)n1. The van der Waals surface area contributed by atoms with Gasteiger partial charge in [0.1, 0.15) is 0 Å². The number of aromatic amines is 4. The number of aromatic nitrogens is 20. The predicted molar refractivity (Wildman–Crippen MR) is 471 cm³/mol. The maximum atomic E-state index is 13.8. The van der Waals surface area contributed by atoms with Gasteiger partial charge in [0.2, 0.25) is 23.8 Å². The largest absolute Gasteiger partial charge is 0.417 e. The van der Waals surface area contributed by atoms with Gasteiger partial charge in [-0.1, -0.05) is 145 Å². The summed E-state index contributed by atoms with van der Waals surface area (Å²) in [5.41, 5.74) is 11.7. The van der Waals surface area contributed by atoms with Gasteiger partial charge in [-0.3, -0.25) is 40.3 Å². The van der Waals surface area contributed by atoms with Gasteiger partial charge < -0.3 is 21.3 Å². The van der Waals surface area contributed by atoms with Crippen LogP contribution < -0.4 is 21.3 Å². The minimum atomic E-state index is -4.62. The Kier molecular flexibility index (Phi) is 23.1. The second-order valence-electron chi connectivity index (χ2n) is 27.5. The Morgan fingerprint density at radius 3 is 1.26 bits per heavy atom. The van der Waals surface area contributed by atoms with Crippen LogP contribution in [0.25, 0.3) is 139 Å². The number of hydrogen-bond acceptors (Lipinski definition) is 20. The van der Waals surface area contributed by atoms with Gasteiger partial charge in [-0.2, -0.15) is 46.7 Å². The average Bonchev–Trinajstić information content (AvgIpc) is 1.78. The number of aryl methyl sites for hydroxylation is 1. The van der Waals surface area contributed by atoms with Gasteiger partial charge in [-0.05, 0) is 152 Å². The molecule has 610 valence electrons. The van der Waals surface area contributed by atoms with Crippen molar-refractivity contribution in [1.82, 2.24) is 101 Å². The molecular weight excluding hydrogens is 1640 g/mol. The summed E-state index contributed by atoms with van der Waals surface area (Å²) in [6, 6.07) is 75.9. The molecule has 8 aromatic carbocycles. The molecule has 0 radical (unpaired) electrons. The van der Waals surface area contributed by atoms with E-state index in [1.807, 2.05) is 183 Å². The van der Waals surface area contributed by atoms with Crippen LogP contribution in [0.3, 0.4) is 0 Å². The fraction of sp³-hybridized carbons (Fsp3) is 0.0326. The Morgan fingerprint density at radius 1 is 0.328 bits per heavy atom. The van der Waals surface area contributed by atoms with E-state index in [-0.39, 0.29) is 39.4 Å². The minimum Gasteiger partial charge on any atom is -0.307 e. The number of nitrogens with one attached hydrogen (secondary N) is 8. The lowest BCUT2D eigenvalue weighted by Crippen LogP contribution is -2.08. The summed E-state index contributed by atoms with van der Waals surface area (Å²) in [4.78, 5) is 56.9. The fourth-order valence-electron chi connectivity index (χ4n) is 13.5. The Morgan fingerprint density at radius 2 is 0.752 bits per heavy atom. The second-order valence-corrected chi connectivity index (χ2v) is 28.4. The second kappa shape index (κ2) is 35.8. The topological polar surface area (TPSA) is 322 Å². The molecule has 33 heteroatoms. The molecule has 0 bridgehead atoms. The number of halogens is 8. The van der Waals surface area contributed by atoms with Crippen molar-refractivity contribution in [2.45, 2.75) is 19.3 Å². The smallest absolute Gasteiger partial charge is 0.307 e. The summed E-state index contributed by atoms with van der Waals surface area (Å²) in [6.45, 7) is 9.54. The van der Waals surface area contributed by atoms with Gasteiger partial charge in [0.15, 0.2) is 29.0 Å². The molecular formula is C92H61Cl2F6N25. The lowest BCUT2D eigenvalue weighted by molar-refractivity contribution is -0.137. The van der Waals surface area contributed by atoms with E-state index in [9.17, 15) is 26.3 Å². The molecule has 12 aromatic heterocycles. The number of fused-ring (bicyclic) bond motifs is 4. The third-order valence-electron chi connectivity index (χ3n) is 19.4. The number of anilines is 8. The van der Waals surface area contributed by atoms with E-state index < -0.39 is 23.5 Å². The molecule has 0 aliphatic rings. The number of pyridine rings is 4. The molecule has 0 saturated carbocycles. The fourth-order valence-corrected chi connectivity index (χ4v) is 13.9. The highest BCUT2D eigenvalue weighted by atomic mass is 35.5. The summed E-state index contributed by atoms with van der Waals surface area (Å²) in [5, 5.41) is 45.8. The third-order valence-corrected chi connectivity index (χ3v) is 19.9. The van der Waals surface area contributed by atoms with Crippen molar-refractivity contribution in [2.24, 2.45) is 0 Å². The number of para-hydroxylation sites is 5. The Hall–Kier alpha value is -16.6. The first-order valence-corrected chi connectivity index (χ1v) is 38.9. The molecule has 0 fully saturated rings. The van der Waals surface area contributed by atoms with E-state index in [4.69, 9.17) is 34.8 Å². The number of alkyl halides is 6. The van der Waals surface area contributed by atoms with E-state index in [2.05, 4.69) is 122 Å². The van der Waals surface area contributed by atoms with Crippen molar-refractivity contribution < 1.29 is 26.3 Å². The van der Waals surface area contributed by atoms with Crippen LogP contribution in [-0.4, -0.2) is 101 Å². The normalized spacial score (nSPS) is 11.2. The van der Waals surface area contributed by atoms with Crippen LogP contribution in [0.4, 0.5) is 79.1 Å². The quantitative estimate of drug-likeness (QED) is 0.0329. The number of rotatable bonds is 16. The summed E-state index contributed by atoms with van der Waals surface area (Å²) >= 11 is 12.3. The van der Waals surface area contributed by atoms with Crippen LogP contribution in [0, 0.1) is 13.5 Å². The molecule has 20 rings (SSSR count). The molecule has 0 unspecified atom stereocenters. The van der Waals surface area contributed by atoms with Crippen molar-refractivity contribution in [3.63, 3.8) is 0 Å². The predicted octanol–water partition coefficient (Wildman–Crippen LogP) is 23.5. The number of benzene rings is 8. The van der Waals surface area contributed by atoms with Gasteiger partial charge in [0.25, 0.3) is 0 Å². The van der Waals surface area contributed by atoms with Gasteiger partial charge in [0.05, 0.1) is 91.0 Å². The standard InChI is InChI=1S/C23H14ClF3N6.C23H17ClN6.C23H15F3N6.C23H15N7/c24-14-7-8-15(17(10-14)23(25,26)27)20-11-19(13-4-3-9-28-12-13)29-22(30-20)31-21-16-5-1-2-6-18(16)32-33-21;1-14-7-6-9-16-21(14)29-30-22(16)28-23-26-19(15-8-2-3-10-17(15)24)13-20(27-23)18-11-4-5-12-25-18;24-23(25,26)17-7-3-1-5-15(17)20-13-19(14-9-11-27-12-10-14)28-22(29-20)30-21-16-6-2-4-8-18(16)31-32-21;1-24-18-10-4-2-8-16(18)21-13-20(15-7-6-12-25-14-15)26-23(27-21)28-22-17-9-3-5-11-19(17)29-30-22/h1-12H,(H2,29,30,31,32,33);2-13H,1H3,(H2,26,27,28,29,30);1-13H,(H2,28,29,30,31,32);2-14H,(H2,26,27,28,29,30). The van der Waals surface area contributed by atoms with E-state index in [1.165, 1.54) is 36.4 Å². The van der Waals surface area contributed by atoms with Gasteiger partial charge in [-0.15, -0.1) is 0 Å². The van der Waals surface area contributed by atoms with E-state index in [0.717, 1.165) is 83.7 Å². The molecule has 125 heavy (non-hydrogen) atoms. The zero-order chi connectivity index (χ0) is 86.0. The maximum absolute atomic E-state index is 13.8. The van der Waals surface area contributed by atoms with Crippen molar-refractivity contribution in [3.05, 3.63) is 342 Å². The summed E-state index contributed by atoms with van der Waals surface area (Å²) in [7, 11) is 0. The van der Waals surface area contributed by atoms with Crippen LogP contribution in [0.2, 0.25) is 10.0 Å². The molecule has 0 spiro atoms. The third kappa shape index (κ3) is 18.4. The number of H-pyrrole nitrogens is 4. The number of hydrogen-bond donors (Lipinski definition) is 8. The Balaban J connectivity index is 0.000000118. The van der Waals surface area contributed by atoms with E-state index in [1.54, 1.807) is 79.8 Å². The van der Waals surface area contributed by atoms with Gasteiger partial charge >= 0.3 is 12.4 Å². The van der Waals surface area contributed by atoms with Gasteiger partial charge in [-0.25, -0.2) is 44.7 Å². The van der Waals surface area contributed by atoms with Crippen molar-refractivity contribution in [3.8, 4) is 90.2 Å². The first-order valence-electron chi connectivity index (χ1n) is 38.1. The monoisotopic (exact) mass is 1700 g/mol. The van der Waals surface area contributed by atoms with Crippen molar-refractivity contribution in [1.29, 1.82) is 0 Å². The highest BCUT2D eigenvalue weighted by molar-refractivity contribution is 6.33. The zero-order valence-electron chi connectivity index (χ0n) is 65.0. The molecule has 0 atom stereocenters. The van der Waals surface area contributed by atoms with E-state index in [0.29, 0.717) is 91.2 Å². The lowest BCUT2D eigenvalue weighted by atomic mass is 10.0. The summed E-state index contributed by atoms with van der Waals surface area (Å²) in [6.07, 6.45) is 2.42. The molecule has 20 aromatic rings. The van der Waals surface area contributed by atoms with Crippen LogP contribution >= 0.6 is 23.2 Å². The van der Waals surface area contributed by atoms with Crippen LogP contribution in [0.15, 0.2) is 304 Å². The molecule has 8 N–H and O–H groups in total. The lowest BCUT2D eigenvalue weighted by Gasteiger charge is -2.15. The van der Waals surface area contributed by atoms with E-state index >= 15 is 0 Å². The first-order chi connectivity index (χ1) is 60.9. The van der Waals surface area contributed by atoms with Gasteiger partial charge in [0, 0.05) is 114 Å². The average molecular weight is 1700 g/mol. The molecule has 0 amide bonds. The zero-order valence-corrected chi connectivity index (χ0v) is 66.5. The molecule has 0 aliphatic carbocycles. The highest BCUT2D eigenvalue weighted by Gasteiger charge is 2.36. The molecule has 0 aliphatic heterocycles. The van der Waals surface area contributed by atoms with Crippen LogP contribution in [0.1, 0.15) is 16.7 Å². The van der Waals surface area contributed by atoms with Crippen molar-refractivity contribution >= 4 is 120 Å². The summed E-state index contributed by atoms with van der Waals surface area (Å²) < 4.78 is 82.3. The van der Waals surface area contributed by atoms with Crippen molar-refractivity contribution in [2.75, 3.05) is 21.3 Å². The molecule has 25 nitrogen and oxygen atoms in total. The minimum absolute atomic E-state index is 0.0195. The Bertz CT molecular complexity index is 7320. The molecule has 12 heterocycles. The highest BCUT2D eigenvalue weighted by Crippen LogP contribution is 2.43. The molecule has 0 saturated heterocycles. The Labute approximate surface area is 715 Å². The summed E-state index contributed by atoms with van der Waals surface area (Å²) in [5.74, 6) is 3.26. The van der Waals surface area contributed by atoms with Crippen LogP contribution in [0.5, 0.6) is 0 Å².